The van der Waals surface area contributed by atoms with Gasteiger partial charge in [-0.15, -0.1) is 0 Å². The lowest BCUT2D eigenvalue weighted by atomic mass is 10.2. The van der Waals surface area contributed by atoms with E-state index in [1.807, 2.05) is 40.6 Å². The van der Waals surface area contributed by atoms with Crippen LogP contribution in [-0.4, -0.2) is 84.9 Å². The number of benzene rings is 1. The van der Waals surface area contributed by atoms with Crippen molar-refractivity contribution < 1.29 is 19.1 Å². The first kappa shape index (κ1) is 22.4. The Kier molecular flexibility index (Phi) is 7.98. The molecule has 1 aromatic rings. The molecule has 2 aliphatic heterocycles. The van der Waals surface area contributed by atoms with Gasteiger partial charge in [-0.3, -0.25) is 19.3 Å². The van der Waals surface area contributed by atoms with Crippen molar-refractivity contribution in [1.82, 2.24) is 15.1 Å². The Morgan fingerprint density at radius 3 is 2.67 bits per heavy atom. The van der Waals surface area contributed by atoms with Crippen LogP contribution in [0.15, 0.2) is 18.2 Å². The predicted molar refractivity (Wildman–Crippen MR) is 118 cm³/mol. The number of hydrogen-bond acceptors (Lipinski definition) is 6. The maximum absolute atomic E-state index is 12.8. The van der Waals surface area contributed by atoms with E-state index in [-0.39, 0.29) is 36.9 Å². The number of thioether (sulfide) groups is 1. The van der Waals surface area contributed by atoms with Crippen LogP contribution in [0.25, 0.3) is 0 Å². The first-order valence-corrected chi connectivity index (χ1v) is 11.4. The average molecular weight is 435 g/mol. The number of anilines is 1. The summed E-state index contributed by atoms with van der Waals surface area (Å²) < 4.78 is 5.25. The van der Waals surface area contributed by atoms with Gasteiger partial charge in [0.1, 0.15) is 5.75 Å². The molecule has 2 heterocycles. The molecule has 3 rings (SSSR count). The molecule has 3 amide bonds. The van der Waals surface area contributed by atoms with Gasteiger partial charge in [0.15, 0.2) is 0 Å². The Labute approximate surface area is 181 Å². The summed E-state index contributed by atoms with van der Waals surface area (Å²) in [5.41, 5.74) is 1.56. The van der Waals surface area contributed by atoms with E-state index < -0.39 is 0 Å². The maximum atomic E-state index is 12.8. The fourth-order valence-corrected chi connectivity index (χ4v) is 4.73. The number of amides is 3. The maximum Gasteiger partial charge on any atom is 0.243 e. The Morgan fingerprint density at radius 2 is 1.93 bits per heavy atom. The molecule has 1 aromatic carbocycles. The largest absolute Gasteiger partial charge is 0.495 e. The Balaban J connectivity index is 1.47. The van der Waals surface area contributed by atoms with Gasteiger partial charge in [-0.25, -0.2) is 0 Å². The molecule has 1 unspecified atom stereocenters. The standard InChI is InChI=1S/C21H30N4O4S/c1-15-5-6-18(29-2)16(12-15)23-19(26)13-22-20(27)14-25-7-3-4-17(25)21(28)24-8-10-30-11-9-24/h5-6,12,17H,3-4,7-11,13-14H2,1-2H3,(H,22,27)(H,23,26). The number of nitrogens with zero attached hydrogens (tertiary/aromatic N) is 2. The van der Waals surface area contributed by atoms with Crippen LogP contribution in [0.3, 0.4) is 0 Å². The van der Waals surface area contributed by atoms with Crippen molar-refractivity contribution in [2.45, 2.75) is 25.8 Å². The zero-order valence-electron chi connectivity index (χ0n) is 17.6. The summed E-state index contributed by atoms with van der Waals surface area (Å²) in [6.45, 7) is 4.20. The summed E-state index contributed by atoms with van der Waals surface area (Å²) in [5, 5.41) is 5.43. The van der Waals surface area contributed by atoms with Gasteiger partial charge in [0, 0.05) is 24.6 Å². The summed E-state index contributed by atoms with van der Waals surface area (Å²) in [6.07, 6.45) is 1.68. The van der Waals surface area contributed by atoms with Crippen molar-refractivity contribution in [3.05, 3.63) is 23.8 Å². The quantitative estimate of drug-likeness (QED) is 0.668. The molecule has 0 aliphatic carbocycles. The highest BCUT2D eigenvalue weighted by molar-refractivity contribution is 7.99. The molecule has 0 bridgehead atoms. The van der Waals surface area contributed by atoms with Crippen LogP contribution in [0.4, 0.5) is 5.69 Å². The van der Waals surface area contributed by atoms with E-state index in [1.165, 1.54) is 0 Å². The highest BCUT2D eigenvalue weighted by atomic mass is 32.2. The fourth-order valence-electron chi connectivity index (χ4n) is 3.82. The van der Waals surface area contributed by atoms with Gasteiger partial charge in [-0.2, -0.15) is 11.8 Å². The fraction of sp³-hybridized carbons (Fsp3) is 0.571. The van der Waals surface area contributed by atoms with Crippen LogP contribution in [0.2, 0.25) is 0 Å². The Hall–Kier alpha value is -2.26. The SMILES string of the molecule is COc1ccc(C)cc1NC(=O)CNC(=O)CN1CCCC1C(=O)N1CCSCC1. The van der Waals surface area contributed by atoms with Gasteiger partial charge in [0.25, 0.3) is 0 Å². The van der Waals surface area contributed by atoms with Crippen LogP contribution in [0.1, 0.15) is 18.4 Å². The van der Waals surface area contributed by atoms with Gasteiger partial charge in [0.2, 0.25) is 17.7 Å². The van der Waals surface area contributed by atoms with Gasteiger partial charge >= 0.3 is 0 Å². The Morgan fingerprint density at radius 1 is 1.17 bits per heavy atom. The molecule has 0 aromatic heterocycles. The summed E-state index contributed by atoms with van der Waals surface area (Å²) in [4.78, 5) is 41.3. The highest BCUT2D eigenvalue weighted by Gasteiger charge is 2.35. The lowest BCUT2D eigenvalue weighted by molar-refractivity contribution is -0.136. The molecule has 2 fully saturated rings. The molecule has 0 radical (unpaired) electrons. The van der Waals surface area contributed by atoms with Crippen molar-refractivity contribution in [2.75, 3.05) is 56.7 Å². The van der Waals surface area contributed by atoms with Crippen molar-refractivity contribution in [2.24, 2.45) is 0 Å². The van der Waals surface area contributed by atoms with Crippen LogP contribution in [0, 0.1) is 6.92 Å². The van der Waals surface area contributed by atoms with E-state index in [9.17, 15) is 14.4 Å². The molecule has 9 heteroatoms. The van der Waals surface area contributed by atoms with Crippen LogP contribution < -0.4 is 15.4 Å². The zero-order valence-corrected chi connectivity index (χ0v) is 18.4. The summed E-state index contributed by atoms with van der Waals surface area (Å²) >= 11 is 1.87. The zero-order chi connectivity index (χ0) is 21.5. The molecule has 30 heavy (non-hydrogen) atoms. The van der Waals surface area contributed by atoms with Crippen LogP contribution in [-0.2, 0) is 14.4 Å². The summed E-state index contributed by atoms with van der Waals surface area (Å²) in [7, 11) is 1.54. The second-order valence-electron chi connectivity index (χ2n) is 7.59. The molecule has 164 valence electrons. The molecule has 2 N–H and O–H groups in total. The number of nitrogens with one attached hydrogen (secondary N) is 2. The molecule has 0 saturated carbocycles. The minimum absolute atomic E-state index is 0.125. The number of carbonyl (C=O) groups is 3. The topological polar surface area (TPSA) is 91.0 Å². The minimum Gasteiger partial charge on any atom is -0.495 e. The van der Waals surface area contributed by atoms with Gasteiger partial charge in [0.05, 0.1) is 31.9 Å². The van der Waals surface area contributed by atoms with Crippen molar-refractivity contribution in [3.8, 4) is 5.75 Å². The number of ether oxygens (including phenoxy) is 1. The molecule has 2 saturated heterocycles. The third kappa shape index (κ3) is 5.89. The number of rotatable bonds is 7. The van der Waals surface area contributed by atoms with Gasteiger partial charge < -0.3 is 20.3 Å². The van der Waals surface area contributed by atoms with Crippen LogP contribution in [0.5, 0.6) is 5.75 Å². The van der Waals surface area contributed by atoms with E-state index in [0.717, 1.165) is 49.5 Å². The third-order valence-corrected chi connectivity index (χ3v) is 6.34. The molecule has 8 nitrogen and oxygen atoms in total. The number of methoxy groups -OCH3 is 1. The lowest BCUT2D eigenvalue weighted by Gasteiger charge is -2.32. The third-order valence-electron chi connectivity index (χ3n) is 5.39. The molecule has 1 atom stereocenters. The van der Waals surface area contributed by atoms with Crippen LogP contribution >= 0.6 is 11.8 Å². The normalized spacial score (nSPS) is 19.4. The number of aryl methyl sites for hydroxylation is 1. The highest BCUT2D eigenvalue weighted by Crippen LogP contribution is 2.25. The number of likely N-dealkylation sites (tertiary alicyclic amines) is 1. The molecule has 2 aliphatic rings. The second-order valence-corrected chi connectivity index (χ2v) is 8.82. The lowest BCUT2D eigenvalue weighted by Crippen LogP contribution is -2.50. The monoisotopic (exact) mass is 434 g/mol. The second kappa shape index (κ2) is 10.7. The minimum atomic E-state index is -0.327. The summed E-state index contributed by atoms with van der Waals surface area (Å²) in [6, 6.07) is 5.27. The predicted octanol–water partition coefficient (Wildman–Crippen LogP) is 1.10. The summed E-state index contributed by atoms with van der Waals surface area (Å²) in [5.74, 6) is 2.06. The first-order valence-electron chi connectivity index (χ1n) is 10.3. The first-order chi connectivity index (χ1) is 14.5. The van der Waals surface area contributed by atoms with Crippen molar-refractivity contribution in [3.63, 3.8) is 0 Å². The van der Waals surface area contributed by atoms with E-state index in [0.29, 0.717) is 11.4 Å². The Bertz CT molecular complexity index is 782. The molecular formula is C21H30N4O4S. The van der Waals surface area contributed by atoms with Gasteiger partial charge in [-0.05, 0) is 44.0 Å². The van der Waals surface area contributed by atoms with E-state index in [2.05, 4.69) is 10.6 Å². The van der Waals surface area contributed by atoms with Crippen molar-refractivity contribution >= 4 is 35.2 Å². The number of carbonyl (C=O) groups excluding carboxylic acids is 3. The van der Waals surface area contributed by atoms with Gasteiger partial charge in [-0.1, -0.05) is 6.07 Å². The van der Waals surface area contributed by atoms with E-state index in [1.54, 1.807) is 13.2 Å². The molecular weight excluding hydrogens is 404 g/mol. The molecule has 0 spiro atoms. The average Bonchev–Trinajstić information content (AvgIpc) is 3.20. The van der Waals surface area contributed by atoms with Crippen molar-refractivity contribution in [1.29, 1.82) is 0 Å². The number of hydrogen-bond donors (Lipinski definition) is 2. The van der Waals surface area contributed by atoms with E-state index >= 15 is 0 Å². The van der Waals surface area contributed by atoms with E-state index in [4.69, 9.17) is 4.74 Å². The smallest absolute Gasteiger partial charge is 0.243 e.